The van der Waals surface area contributed by atoms with Gasteiger partial charge < -0.3 is 26.2 Å². The van der Waals surface area contributed by atoms with Gasteiger partial charge in [-0.05, 0) is 54.8 Å². The first-order valence-corrected chi connectivity index (χ1v) is 15.2. The van der Waals surface area contributed by atoms with Gasteiger partial charge in [-0.1, -0.05) is 42.5 Å². The van der Waals surface area contributed by atoms with Crippen LogP contribution in [-0.2, 0) is 11.3 Å². The van der Waals surface area contributed by atoms with E-state index in [9.17, 15) is 14.4 Å². The second-order valence-electron chi connectivity index (χ2n) is 10.1. The third kappa shape index (κ3) is 6.48. The quantitative estimate of drug-likeness (QED) is 0.229. The van der Waals surface area contributed by atoms with Crippen molar-refractivity contribution in [2.24, 2.45) is 0 Å². The van der Waals surface area contributed by atoms with Crippen LogP contribution in [0, 0.1) is 0 Å². The second kappa shape index (κ2) is 12.2. The van der Waals surface area contributed by atoms with Gasteiger partial charge in [0.2, 0.25) is 5.91 Å². The number of thiophene rings is 1. The van der Waals surface area contributed by atoms with E-state index < -0.39 is 0 Å². The molecule has 0 aliphatic carbocycles. The fraction of sp³-hybridized carbons (Fsp3) is 0.267. The lowest BCUT2D eigenvalue weighted by molar-refractivity contribution is -0.117. The number of thiazole rings is 1. The molecule has 1 atom stereocenters. The van der Waals surface area contributed by atoms with Crippen molar-refractivity contribution in [3.63, 3.8) is 0 Å². The fourth-order valence-electron chi connectivity index (χ4n) is 4.87. The summed E-state index contributed by atoms with van der Waals surface area (Å²) in [4.78, 5) is 45.6. The predicted molar refractivity (Wildman–Crippen MR) is 162 cm³/mol. The van der Waals surface area contributed by atoms with Gasteiger partial charge in [-0.3, -0.25) is 9.59 Å². The fourth-order valence-corrected chi connectivity index (χ4v) is 6.75. The summed E-state index contributed by atoms with van der Waals surface area (Å²) >= 11 is 2.97. The number of nitrogens with zero attached hydrogens (tertiary/aromatic N) is 2. The molecule has 0 spiro atoms. The number of rotatable bonds is 8. The predicted octanol–water partition coefficient (Wildman–Crippen LogP) is 5.12. The molecule has 2 fully saturated rings. The Bertz CT molecular complexity index is 1520. The van der Waals surface area contributed by atoms with Crippen molar-refractivity contribution in [3.8, 4) is 10.4 Å². The van der Waals surface area contributed by atoms with E-state index in [1.807, 2.05) is 65.7 Å². The maximum absolute atomic E-state index is 13.0. The molecule has 2 saturated heterocycles. The lowest BCUT2D eigenvalue weighted by Gasteiger charge is -2.37. The minimum Gasteiger partial charge on any atom is -0.336 e. The number of amides is 4. The molecule has 4 amide bonds. The van der Waals surface area contributed by atoms with Gasteiger partial charge in [0.05, 0.1) is 25.8 Å². The molecule has 11 heteroatoms. The molecule has 9 nitrogen and oxygen atoms in total. The van der Waals surface area contributed by atoms with Gasteiger partial charge in [0.15, 0.2) is 0 Å². The van der Waals surface area contributed by atoms with Gasteiger partial charge in [-0.25, -0.2) is 9.78 Å². The number of hydrogen-bond acceptors (Lipinski definition) is 7. The summed E-state index contributed by atoms with van der Waals surface area (Å²) < 4.78 is 0. The van der Waals surface area contributed by atoms with Crippen LogP contribution in [-0.4, -0.2) is 53.4 Å². The van der Waals surface area contributed by atoms with Crippen molar-refractivity contribution in [2.75, 3.05) is 30.3 Å². The average Bonchev–Trinajstić information content (AvgIpc) is 3.75. The van der Waals surface area contributed by atoms with Crippen molar-refractivity contribution >= 4 is 51.2 Å². The Hall–Kier alpha value is -4.06. The number of aromatic nitrogens is 1. The molecule has 2 aliphatic rings. The van der Waals surface area contributed by atoms with Crippen LogP contribution in [0.2, 0.25) is 0 Å². The summed E-state index contributed by atoms with van der Waals surface area (Å²) in [6, 6.07) is 20.6. The van der Waals surface area contributed by atoms with Gasteiger partial charge in [-0.2, -0.15) is 0 Å². The van der Waals surface area contributed by atoms with Crippen molar-refractivity contribution in [3.05, 3.63) is 88.4 Å². The summed E-state index contributed by atoms with van der Waals surface area (Å²) in [5.41, 5.74) is 2.82. The zero-order chi connectivity index (χ0) is 28.2. The molecule has 2 aliphatic heterocycles. The Morgan fingerprint density at radius 2 is 1.76 bits per heavy atom. The standard InChI is InChI=1S/C30H30N6O3S2/c37-27(23-7-4-14-31-23)35-26-13-12-24(40-26)29(38)36-17-21(18-36)28-32-16-25(41-28)20-10-8-19(9-11-20)15-33-30(39)34-22-5-2-1-3-6-22/h1-3,5-6,8-13,16,21,23,31H,4,7,14-15,17-18H2,(H,35,37)(H2,33,34,39)/t23-/m0/s1. The normalized spacial score (nSPS) is 16.7. The van der Waals surface area contributed by atoms with E-state index in [4.69, 9.17) is 0 Å². The van der Waals surface area contributed by atoms with Crippen LogP contribution in [0.15, 0.2) is 72.9 Å². The van der Waals surface area contributed by atoms with E-state index in [0.717, 1.165) is 46.1 Å². The number of anilines is 2. The van der Waals surface area contributed by atoms with Crippen LogP contribution >= 0.6 is 22.7 Å². The van der Waals surface area contributed by atoms with Crippen LogP contribution in [0.1, 0.15) is 39.0 Å². The smallest absolute Gasteiger partial charge is 0.319 e. The van der Waals surface area contributed by atoms with Crippen molar-refractivity contribution in [1.82, 2.24) is 20.5 Å². The molecule has 2 aromatic heterocycles. The Balaban J connectivity index is 0.974. The average molecular weight is 587 g/mol. The van der Waals surface area contributed by atoms with Crippen molar-refractivity contribution in [1.29, 1.82) is 0 Å². The molecule has 0 bridgehead atoms. The maximum atomic E-state index is 13.0. The highest BCUT2D eigenvalue weighted by Crippen LogP contribution is 2.36. The first-order chi connectivity index (χ1) is 20.0. The van der Waals surface area contributed by atoms with Crippen LogP contribution in [0.4, 0.5) is 15.5 Å². The molecule has 4 heterocycles. The van der Waals surface area contributed by atoms with Gasteiger partial charge in [-0.15, -0.1) is 22.7 Å². The molecule has 0 unspecified atom stereocenters. The largest absolute Gasteiger partial charge is 0.336 e. The van der Waals surface area contributed by atoms with Gasteiger partial charge >= 0.3 is 6.03 Å². The molecule has 210 valence electrons. The molecule has 6 rings (SSSR count). The molecule has 0 radical (unpaired) electrons. The summed E-state index contributed by atoms with van der Waals surface area (Å²) in [5, 5.41) is 13.5. The van der Waals surface area contributed by atoms with Crippen LogP contribution in [0.5, 0.6) is 0 Å². The summed E-state index contributed by atoms with van der Waals surface area (Å²) in [5.74, 6) is 0.172. The number of para-hydroxylation sites is 1. The highest BCUT2D eigenvalue weighted by molar-refractivity contribution is 7.18. The van der Waals surface area contributed by atoms with Crippen LogP contribution in [0.3, 0.4) is 0 Å². The molecule has 41 heavy (non-hydrogen) atoms. The SMILES string of the molecule is O=C(NCc1ccc(-c2cnc(C3CN(C(=O)c4ccc(NC(=O)[C@@H]5CCCN5)s4)C3)s2)cc1)Nc1ccccc1. The minimum absolute atomic E-state index is 0.0100. The number of carbonyl (C=O) groups excluding carboxylic acids is 3. The van der Waals surface area contributed by atoms with Crippen LogP contribution in [0.25, 0.3) is 10.4 Å². The molecule has 0 saturated carbocycles. The monoisotopic (exact) mass is 586 g/mol. The van der Waals surface area contributed by atoms with E-state index in [2.05, 4.69) is 26.3 Å². The highest BCUT2D eigenvalue weighted by atomic mass is 32.1. The lowest BCUT2D eigenvalue weighted by Crippen LogP contribution is -2.48. The Morgan fingerprint density at radius 1 is 0.951 bits per heavy atom. The summed E-state index contributed by atoms with van der Waals surface area (Å²) in [7, 11) is 0. The number of likely N-dealkylation sites (tertiary alicyclic amines) is 1. The third-order valence-corrected chi connectivity index (χ3v) is 9.40. The first kappa shape index (κ1) is 27.1. The van der Waals surface area contributed by atoms with E-state index in [1.54, 1.807) is 23.5 Å². The highest BCUT2D eigenvalue weighted by Gasteiger charge is 2.35. The summed E-state index contributed by atoms with van der Waals surface area (Å²) in [6.07, 6.45) is 3.73. The van der Waals surface area contributed by atoms with Crippen molar-refractivity contribution in [2.45, 2.75) is 31.3 Å². The number of nitrogens with one attached hydrogen (secondary N) is 4. The molecule has 4 N–H and O–H groups in total. The number of urea groups is 1. The molecular formula is C30H30N6O3S2. The molecular weight excluding hydrogens is 557 g/mol. The lowest BCUT2D eigenvalue weighted by atomic mass is 10.0. The van der Waals surface area contributed by atoms with Crippen LogP contribution < -0.4 is 21.3 Å². The second-order valence-corrected chi connectivity index (χ2v) is 12.3. The van der Waals surface area contributed by atoms with Crippen molar-refractivity contribution < 1.29 is 14.4 Å². The third-order valence-electron chi connectivity index (χ3n) is 7.20. The molecule has 4 aromatic rings. The zero-order valence-corrected chi connectivity index (χ0v) is 23.9. The number of benzene rings is 2. The topological polar surface area (TPSA) is 115 Å². The first-order valence-electron chi connectivity index (χ1n) is 13.6. The van der Waals surface area contributed by atoms with E-state index in [0.29, 0.717) is 29.5 Å². The Kier molecular flexibility index (Phi) is 8.08. The van der Waals surface area contributed by atoms with Gasteiger partial charge in [0.25, 0.3) is 5.91 Å². The van der Waals surface area contributed by atoms with E-state index >= 15 is 0 Å². The summed E-state index contributed by atoms with van der Waals surface area (Å²) in [6.45, 7) is 2.55. The van der Waals surface area contributed by atoms with E-state index in [1.165, 1.54) is 11.3 Å². The Labute approximate surface area is 246 Å². The molecule has 2 aromatic carbocycles. The van der Waals surface area contributed by atoms with E-state index in [-0.39, 0.29) is 29.8 Å². The minimum atomic E-state index is -0.247. The maximum Gasteiger partial charge on any atom is 0.319 e. The van der Waals surface area contributed by atoms with Gasteiger partial charge in [0.1, 0.15) is 0 Å². The zero-order valence-electron chi connectivity index (χ0n) is 22.3. The number of carbonyl (C=O) groups is 3. The van der Waals surface area contributed by atoms with Gasteiger partial charge in [0, 0.05) is 37.4 Å². The Morgan fingerprint density at radius 3 is 2.51 bits per heavy atom. The number of hydrogen-bond donors (Lipinski definition) is 4.